The lowest BCUT2D eigenvalue weighted by Gasteiger charge is -2.22. The summed E-state index contributed by atoms with van der Waals surface area (Å²) in [4.78, 5) is 40.2. The van der Waals surface area contributed by atoms with E-state index in [-0.39, 0.29) is 18.9 Å². The van der Waals surface area contributed by atoms with Crippen molar-refractivity contribution in [3.63, 3.8) is 0 Å². The van der Waals surface area contributed by atoms with Crippen LogP contribution in [0, 0.1) is 5.92 Å². The van der Waals surface area contributed by atoms with Gasteiger partial charge in [-0.05, 0) is 35.4 Å². The molecular weight excluding hydrogens is 422 g/mol. The lowest BCUT2D eigenvalue weighted by molar-refractivity contribution is -0.142. The number of benzene rings is 2. The van der Waals surface area contributed by atoms with E-state index in [1.54, 1.807) is 0 Å². The Morgan fingerprint density at radius 2 is 1.67 bits per heavy atom. The van der Waals surface area contributed by atoms with Crippen LogP contribution >= 0.6 is 0 Å². The molecule has 2 amide bonds. The number of hydrogen-bond acceptors (Lipinski definition) is 4. The molecule has 8 heteroatoms. The van der Waals surface area contributed by atoms with Crippen molar-refractivity contribution in [1.29, 1.82) is 0 Å². The maximum absolute atomic E-state index is 12.9. The van der Waals surface area contributed by atoms with Crippen LogP contribution in [0.5, 0.6) is 0 Å². The number of para-hydroxylation sites is 1. The Kier molecular flexibility index (Phi) is 8.07. The fourth-order valence-corrected chi connectivity index (χ4v) is 3.55. The number of fused-ring (bicyclic) bond motifs is 1. The van der Waals surface area contributed by atoms with Crippen LogP contribution in [0.1, 0.15) is 31.5 Å². The Morgan fingerprint density at radius 3 is 2.33 bits per heavy atom. The number of carbonyl (C=O) groups is 3. The Bertz CT molecular complexity index is 1060. The number of carboxylic acid groups (broad SMARTS) is 1. The number of aliphatic carboxylic acids is 1. The van der Waals surface area contributed by atoms with Gasteiger partial charge in [-0.3, -0.25) is 4.79 Å². The summed E-state index contributed by atoms with van der Waals surface area (Å²) in [6.45, 7) is 3.90. The summed E-state index contributed by atoms with van der Waals surface area (Å²) in [7, 11) is 0. The molecule has 0 aliphatic heterocycles. The van der Waals surface area contributed by atoms with Crippen LogP contribution in [-0.2, 0) is 27.4 Å². The third-order valence-corrected chi connectivity index (χ3v) is 5.15. The Balaban J connectivity index is 1.63. The van der Waals surface area contributed by atoms with Crippen molar-refractivity contribution in [2.75, 3.05) is 0 Å². The first kappa shape index (κ1) is 23.8. The third kappa shape index (κ3) is 7.10. The van der Waals surface area contributed by atoms with Crippen LogP contribution in [0.2, 0.25) is 0 Å². The molecule has 3 rings (SSSR count). The highest BCUT2D eigenvalue weighted by molar-refractivity contribution is 5.89. The van der Waals surface area contributed by atoms with Gasteiger partial charge in [0.05, 0.1) is 0 Å². The minimum atomic E-state index is -1.16. The summed E-state index contributed by atoms with van der Waals surface area (Å²) < 4.78 is 5.22. The minimum absolute atomic E-state index is 0.0703. The molecule has 2 aromatic carbocycles. The second-order valence-corrected chi connectivity index (χ2v) is 8.37. The van der Waals surface area contributed by atoms with Crippen LogP contribution < -0.4 is 10.6 Å². The molecule has 1 heterocycles. The molecule has 0 spiro atoms. The van der Waals surface area contributed by atoms with E-state index in [2.05, 4.69) is 15.6 Å². The quantitative estimate of drug-likeness (QED) is 0.375. The van der Waals surface area contributed by atoms with E-state index in [1.807, 2.05) is 74.5 Å². The van der Waals surface area contributed by atoms with Gasteiger partial charge in [0, 0.05) is 17.6 Å². The monoisotopic (exact) mass is 451 g/mol. The molecule has 0 aliphatic rings. The van der Waals surface area contributed by atoms with E-state index < -0.39 is 30.1 Å². The van der Waals surface area contributed by atoms with Gasteiger partial charge in [-0.2, -0.15) is 0 Å². The second-order valence-electron chi connectivity index (χ2n) is 8.37. The van der Waals surface area contributed by atoms with Crippen molar-refractivity contribution < 1.29 is 24.2 Å². The first-order valence-electron chi connectivity index (χ1n) is 10.9. The number of rotatable bonds is 10. The average molecular weight is 452 g/mol. The zero-order valence-corrected chi connectivity index (χ0v) is 18.7. The van der Waals surface area contributed by atoms with E-state index in [0.29, 0.717) is 12.1 Å². The maximum atomic E-state index is 12.9. The molecule has 4 N–H and O–H groups in total. The normalized spacial score (nSPS) is 12.8. The van der Waals surface area contributed by atoms with Gasteiger partial charge in [-0.15, -0.1) is 0 Å². The number of nitrogens with one attached hydrogen (secondary N) is 3. The lowest BCUT2D eigenvalue weighted by Crippen LogP contribution is -2.52. The van der Waals surface area contributed by atoms with Crippen LogP contribution in [0.3, 0.4) is 0 Å². The summed E-state index contributed by atoms with van der Waals surface area (Å²) >= 11 is 0. The molecule has 0 fully saturated rings. The molecule has 0 saturated heterocycles. The van der Waals surface area contributed by atoms with Crippen LogP contribution in [0.15, 0.2) is 60.7 Å². The molecule has 1 aromatic heterocycles. The number of aromatic amines is 1. The van der Waals surface area contributed by atoms with Gasteiger partial charge in [-0.1, -0.05) is 62.4 Å². The summed E-state index contributed by atoms with van der Waals surface area (Å²) in [6, 6.07) is 16.6. The van der Waals surface area contributed by atoms with Crippen molar-refractivity contribution in [3.05, 3.63) is 71.9 Å². The first-order chi connectivity index (χ1) is 15.8. The molecule has 174 valence electrons. The smallest absolute Gasteiger partial charge is 0.408 e. The summed E-state index contributed by atoms with van der Waals surface area (Å²) in [5.74, 6) is -1.63. The minimum Gasteiger partial charge on any atom is -0.480 e. The highest BCUT2D eigenvalue weighted by Crippen LogP contribution is 2.16. The van der Waals surface area contributed by atoms with Gasteiger partial charge in [-0.25, -0.2) is 9.59 Å². The van der Waals surface area contributed by atoms with Gasteiger partial charge >= 0.3 is 12.1 Å². The highest BCUT2D eigenvalue weighted by Gasteiger charge is 2.28. The number of carbonyl (C=O) groups excluding carboxylic acids is 2. The molecule has 0 saturated carbocycles. The van der Waals surface area contributed by atoms with E-state index in [1.165, 1.54) is 0 Å². The number of ether oxygens (including phenoxy) is 1. The highest BCUT2D eigenvalue weighted by atomic mass is 16.5. The third-order valence-electron chi connectivity index (χ3n) is 5.15. The number of amides is 2. The fraction of sp³-hybridized carbons (Fsp3) is 0.320. The molecular formula is C25H29N3O5. The molecule has 3 aromatic rings. The molecule has 0 unspecified atom stereocenters. The zero-order chi connectivity index (χ0) is 23.8. The lowest BCUT2D eigenvalue weighted by atomic mass is 10.0. The van der Waals surface area contributed by atoms with Crippen LogP contribution in [0.25, 0.3) is 10.9 Å². The Hall–Kier alpha value is -3.81. The van der Waals surface area contributed by atoms with Crippen molar-refractivity contribution in [2.24, 2.45) is 5.92 Å². The molecule has 33 heavy (non-hydrogen) atoms. The SMILES string of the molecule is CC(C)C[C@@H](NC(=O)OCc1ccccc1)C(=O)N[C@H](Cc1cc2ccccc2[nH]1)C(=O)O. The predicted molar refractivity (Wildman–Crippen MR) is 125 cm³/mol. The van der Waals surface area contributed by atoms with Gasteiger partial charge in [0.2, 0.25) is 5.91 Å². The molecule has 0 aliphatic carbocycles. The summed E-state index contributed by atoms with van der Waals surface area (Å²) in [6.07, 6.45) is -0.310. The fourth-order valence-electron chi connectivity index (χ4n) is 3.55. The number of alkyl carbamates (subject to hydrolysis) is 1. The van der Waals surface area contributed by atoms with E-state index in [0.717, 1.165) is 16.5 Å². The van der Waals surface area contributed by atoms with E-state index in [9.17, 15) is 19.5 Å². The molecule has 8 nitrogen and oxygen atoms in total. The standard InChI is InChI=1S/C25H29N3O5/c1-16(2)12-21(28-25(32)33-15-17-8-4-3-5-9-17)23(29)27-22(24(30)31)14-19-13-18-10-6-7-11-20(18)26-19/h3-11,13,16,21-22,26H,12,14-15H2,1-2H3,(H,27,29)(H,28,32)(H,30,31)/t21-,22-/m1/s1. The molecule has 2 atom stereocenters. The van der Waals surface area contributed by atoms with E-state index in [4.69, 9.17) is 4.74 Å². The van der Waals surface area contributed by atoms with Gasteiger partial charge in [0.1, 0.15) is 18.7 Å². The Morgan fingerprint density at radius 1 is 0.970 bits per heavy atom. The Labute approximate surface area is 192 Å². The second kappa shape index (κ2) is 11.2. The van der Waals surface area contributed by atoms with Gasteiger partial charge in [0.25, 0.3) is 0 Å². The number of carboxylic acids is 1. The summed E-state index contributed by atoms with van der Waals surface area (Å²) in [5.41, 5.74) is 2.41. The number of H-pyrrole nitrogens is 1. The number of hydrogen-bond donors (Lipinski definition) is 4. The van der Waals surface area contributed by atoms with Crippen LogP contribution in [0.4, 0.5) is 4.79 Å². The van der Waals surface area contributed by atoms with Crippen molar-refractivity contribution in [3.8, 4) is 0 Å². The van der Waals surface area contributed by atoms with Gasteiger partial charge < -0.3 is 25.5 Å². The van der Waals surface area contributed by atoms with Crippen molar-refractivity contribution >= 4 is 28.9 Å². The summed E-state index contributed by atoms with van der Waals surface area (Å²) in [5, 5.41) is 15.8. The molecule has 0 radical (unpaired) electrons. The zero-order valence-electron chi connectivity index (χ0n) is 18.7. The molecule has 0 bridgehead atoms. The number of aromatic nitrogens is 1. The predicted octanol–water partition coefficient (Wildman–Crippen LogP) is 3.62. The largest absolute Gasteiger partial charge is 0.480 e. The van der Waals surface area contributed by atoms with Crippen LogP contribution in [-0.4, -0.2) is 40.1 Å². The van der Waals surface area contributed by atoms with Crippen molar-refractivity contribution in [1.82, 2.24) is 15.6 Å². The average Bonchev–Trinajstić information content (AvgIpc) is 3.19. The van der Waals surface area contributed by atoms with Crippen molar-refractivity contribution in [2.45, 2.75) is 45.4 Å². The first-order valence-corrected chi connectivity index (χ1v) is 10.9. The maximum Gasteiger partial charge on any atom is 0.408 e. The topological polar surface area (TPSA) is 121 Å². The van der Waals surface area contributed by atoms with Gasteiger partial charge in [0.15, 0.2) is 0 Å². The van der Waals surface area contributed by atoms with E-state index >= 15 is 0 Å².